The zero-order valence-corrected chi connectivity index (χ0v) is 17.1. The Morgan fingerprint density at radius 3 is 2.32 bits per heavy atom. The van der Waals surface area contributed by atoms with Gasteiger partial charge < -0.3 is 4.18 Å². The number of hydrazone groups is 1. The van der Waals surface area contributed by atoms with E-state index in [1.54, 1.807) is 24.3 Å². The zero-order chi connectivity index (χ0) is 22.4. The van der Waals surface area contributed by atoms with Crippen molar-refractivity contribution in [3.05, 3.63) is 99.6 Å². The van der Waals surface area contributed by atoms with Crippen molar-refractivity contribution in [2.75, 3.05) is 0 Å². The van der Waals surface area contributed by atoms with E-state index in [1.807, 2.05) is 6.92 Å². The Kier molecular flexibility index (Phi) is 6.41. The van der Waals surface area contributed by atoms with Crippen LogP contribution >= 0.6 is 0 Å². The van der Waals surface area contributed by atoms with E-state index in [9.17, 15) is 23.3 Å². The average molecular weight is 439 g/mol. The number of nitrogens with one attached hydrogen (secondary N) is 1. The van der Waals surface area contributed by atoms with E-state index in [2.05, 4.69) is 10.5 Å². The summed E-state index contributed by atoms with van der Waals surface area (Å²) in [6.45, 7) is 1.85. The molecule has 10 heteroatoms. The van der Waals surface area contributed by atoms with Crippen LogP contribution in [-0.2, 0) is 10.1 Å². The molecule has 0 aromatic heterocycles. The molecular weight excluding hydrogens is 422 g/mol. The summed E-state index contributed by atoms with van der Waals surface area (Å²) in [4.78, 5) is 22.5. The van der Waals surface area contributed by atoms with Gasteiger partial charge >= 0.3 is 10.1 Å². The number of nitro benzene ring substituents is 1. The first-order chi connectivity index (χ1) is 14.8. The van der Waals surface area contributed by atoms with Crippen LogP contribution in [-0.4, -0.2) is 25.5 Å². The molecule has 3 rings (SSSR count). The van der Waals surface area contributed by atoms with E-state index >= 15 is 0 Å². The van der Waals surface area contributed by atoms with Crippen molar-refractivity contribution in [1.29, 1.82) is 0 Å². The zero-order valence-electron chi connectivity index (χ0n) is 16.3. The van der Waals surface area contributed by atoms with Gasteiger partial charge in [0.1, 0.15) is 16.2 Å². The summed E-state index contributed by atoms with van der Waals surface area (Å²) >= 11 is 0. The first-order valence-electron chi connectivity index (χ1n) is 8.94. The third-order valence-corrected chi connectivity index (χ3v) is 5.38. The lowest BCUT2D eigenvalue weighted by molar-refractivity contribution is -0.385. The summed E-state index contributed by atoms with van der Waals surface area (Å²) in [5.41, 5.74) is 3.25. The highest BCUT2D eigenvalue weighted by Crippen LogP contribution is 2.20. The molecule has 3 aromatic rings. The van der Waals surface area contributed by atoms with Gasteiger partial charge in [-0.1, -0.05) is 29.8 Å². The van der Waals surface area contributed by atoms with Gasteiger partial charge in [0.25, 0.3) is 11.6 Å². The van der Waals surface area contributed by atoms with Gasteiger partial charge in [-0.15, -0.1) is 0 Å². The van der Waals surface area contributed by atoms with Crippen LogP contribution in [0.2, 0.25) is 0 Å². The number of hydrogen-bond donors (Lipinski definition) is 1. The first-order valence-corrected chi connectivity index (χ1v) is 10.3. The highest BCUT2D eigenvalue weighted by molar-refractivity contribution is 7.87. The molecule has 9 nitrogen and oxygen atoms in total. The van der Waals surface area contributed by atoms with Crippen molar-refractivity contribution in [3.8, 4) is 5.75 Å². The Labute approximate surface area is 178 Å². The topological polar surface area (TPSA) is 128 Å². The normalized spacial score (nSPS) is 11.3. The number of carbonyl (C=O) groups is 1. The lowest BCUT2D eigenvalue weighted by Crippen LogP contribution is -2.18. The molecule has 0 unspecified atom stereocenters. The second kappa shape index (κ2) is 9.18. The predicted octanol–water partition coefficient (Wildman–Crippen LogP) is 3.43. The van der Waals surface area contributed by atoms with Gasteiger partial charge in [-0.05, 0) is 55.0 Å². The summed E-state index contributed by atoms with van der Waals surface area (Å²) in [6.07, 6.45) is 1.31. The maximum absolute atomic E-state index is 12.3. The van der Waals surface area contributed by atoms with E-state index in [4.69, 9.17) is 4.18 Å². The third kappa shape index (κ3) is 5.52. The van der Waals surface area contributed by atoms with Gasteiger partial charge in [0.15, 0.2) is 0 Å². The van der Waals surface area contributed by atoms with Crippen molar-refractivity contribution in [3.63, 3.8) is 0 Å². The molecular formula is C21H17N3O6S. The van der Waals surface area contributed by atoms with Crippen molar-refractivity contribution < 1.29 is 22.3 Å². The number of para-hydroxylation sites is 1. The Balaban J connectivity index is 1.64. The van der Waals surface area contributed by atoms with Gasteiger partial charge in [-0.25, -0.2) is 5.43 Å². The number of carbonyl (C=O) groups excluding carboxylic acids is 1. The fourth-order valence-electron chi connectivity index (χ4n) is 2.54. The van der Waals surface area contributed by atoms with Crippen molar-refractivity contribution in [2.45, 2.75) is 11.8 Å². The van der Waals surface area contributed by atoms with E-state index in [1.165, 1.54) is 54.7 Å². The molecule has 0 bridgehead atoms. The maximum Gasteiger partial charge on any atom is 0.339 e. The van der Waals surface area contributed by atoms with Crippen molar-refractivity contribution in [1.82, 2.24) is 5.43 Å². The van der Waals surface area contributed by atoms with Gasteiger partial charge in [-0.3, -0.25) is 14.9 Å². The minimum atomic E-state index is -3.96. The molecule has 0 aliphatic rings. The quantitative estimate of drug-likeness (QED) is 0.260. The highest BCUT2D eigenvalue weighted by Gasteiger charge is 2.18. The van der Waals surface area contributed by atoms with E-state index in [0.717, 1.165) is 5.56 Å². The number of nitrogens with zero attached hydrogens (tertiary/aromatic N) is 2. The van der Waals surface area contributed by atoms with E-state index < -0.39 is 20.9 Å². The molecule has 0 aliphatic carbocycles. The molecule has 1 amide bonds. The largest absolute Gasteiger partial charge is 0.379 e. The van der Waals surface area contributed by atoms with Crippen molar-refractivity contribution >= 4 is 27.9 Å². The molecule has 1 N–H and O–H groups in total. The van der Waals surface area contributed by atoms with Crippen LogP contribution < -0.4 is 9.61 Å². The van der Waals surface area contributed by atoms with Crippen LogP contribution in [0.25, 0.3) is 0 Å². The molecule has 0 aliphatic heterocycles. The Morgan fingerprint density at radius 2 is 1.68 bits per heavy atom. The molecule has 158 valence electrons. The monoisotopic (exact) mass is 439 g/mol. The minimum absolute atomic E-state index is 0.0430. The van der Waals surface area contributed by atoms with Crippen LogP contribution in [0.1, 0.15) is 21.5 Å². The maximum atomic E-state index is 12.3. The molecule has 0 saturated heterocycles. The summed E-state index contributed by atoms with van der Waals surface area (Å²) in [5.74, 6) is -0.616. The molecule has 0 heterocycles. The molecule has 0 saturated carbocycles. The standard InChI is InChI=1S/C21H17N3O6S/c1-15-6-12-18(13-7-15)31(28,29)30-17-10-8-16(9-11-17)14-22-23-21(25)19-4-2-3-5-20(19)24(26)27/h2-14H,1H3,(H,23,25)/b22-14-. The van der Waals surface area contributed by atoms with Crippen LogP contribution in [0.5, 0.6) is 5.75 Å². The lowest BCUT2D eigenvalue weighted by Gasteiger charge is -2.07. The second-order valence-corrected chi connectivity index (χ2v) is 7.94. The number of amides is 1. The molecule has 0 radical (unpaired) electrons. The molecule has 3 aromatic carbocycles. The fraction of sp³-hybridized carbons (Fsp3) is 0.0476. The van der Waals surface area contributed by atoms with E-state index in [-0.39, 0.29) is 21.9 Å². The van der Waals surface area contributed by atoms with Gasteiger partial charge in [0.2, 0.25) is 0 Å². The smallest absolute Gasteiger partial charge is 0.339 e. The Hall–Kier alpha value is -4.05. The first kappa shape index (κ1) is 21.7. The van der Waals surface area contributed by atoms with Crippen LogP contribution in [0.3, 0.4) is 0 Å². The molecule has 0 fully saturated rings. The minimum Gasteiger partial charge on any atom is -0.379 e. The molecule has 0 atom stereocenters. The second-order valence-electron chi connectivity index (χ2n) is 6.39. The summed E-state index contributed by atoms with van der Waals surface area (Å²) in [6, 6.07) is 17.8. The number of nitro groups is 1. The van der Waals surface area contributed by atoms with Gasteiger partial charge in [0, 0.05) is 6.07 Å². The van der Waals surface area contributed by atoms with Gasteiger partial charge in [0.05, 0.1) is 11.1 Å². The Bertz CT molecular complexity index is 1240. The average Bonchev–Trinajstić information content (AvgIpc) is 2.75. The predicted molar refractivity (Wildman–Crippen MR) is 114 cm³/mol. The number of aryl methyl sites for hydroxylation is 1. The van der Waals surface area contributed by atoms with Crippen LogP contribution in [0.4, 0.5) is 5.69 Å². The molecule has 31 heavy (non-hydrogen) atoms. The van der Waals surface area contributed by atoms with Crippen molar-refractivity contribution in [2.24, 2.45) is 5.10 Å². The fourth-order valence-corrected chi connectivity index (χ4v) is 3.47. The number of hydrogen-bond acceptors (Lipinski definition) is 7. The lowest BCUT2D eigenvalue weighted by atomic mass is 10.2. The van der Waals surface area contributed by atoms with Crippen LogP contribution in [0.15, 0.2) is 82.8 Å². The summed E-state index contributed by atoms with van der Waals surface area (Å²) < 4.78 is 29.7. The summed E-state index contributed by atoms with van der Waals surface area (Å²) in [5, 5.41) is 14.8. The van der Waals surface area contributed by atoms with E-state index in [0.29, 0.717) is 5.56 Å². The number of benzene rings is 3. The SMILES string of the molecule is Cc1ccc(S(=O)(=O)Oc2ccc(/C=N\NC(=O)c3ccccc3[N+](=O)[O-])cc2)cc1. The highest BCUT2D eigenvalue weighted by atomic mass is 32.2. The number of rotatable bonds is 7. The third-order valence-electron chi connectivity index (χ3n) is 4.12. The summed E-state index contributed by atoms with van der Waals surface area (Å²) in [7, 11) is -3.96. The Morgan fingerprint density at radius 1 is 1.03 bits per heavy atom. The molecule has 0 spiro atoms. The van der Waals surface area contributed by atoms with Gasteiger partial charge in [-0.2, -0.15) is 13.5 Å². The van der Waals surface area contributed by atoms with Crippen LogP contribution in [0, 0.1) is 17.0 Å².